The summed E-state index contributed by atoms with van der Waals surface area (Å²) in [6.07, 6.45) is 10.7. The van der Waals surface area contributed by atoms with Crippen LogP contribution >= 0.6 is 0 Å². The van der Waals surface area contributed by atoms with Gasteiger partial charge in [-0.2, -0.15) is 0 Å². The first-order valence-corrected chi connectivity index (χ1v) is 13.0. The van der Waals surface area contributed by atoms with E-state index in [2.05, 4.69) is 26.9 Å². The molecule has 209 valence electrons. The first-order chi connectivity index (χ1) is 18.6. The van der Waals surface area contributed by atoms with E-state index < -0.39 is 11.9 Å². The molecular weight excluding hydrogens is 571 g/mol. The molecule has 2 aliphatic rings. The fourth-order valence-electron chi connectivity index (χ4n) is 4.27. The fourth-order valence-corrected chi connectivity index (χ4v) is 4.27. The van der Waals surface area contributed by atoms with Crippen LogP contribution in [0.3, 0.4) is 0 Å². The molecule has 0 aliphatic carbocycles. The third-order valence-corrected chi connectivity index (χ3v) is 6.27. The number of fused-ring (bicyclic) bond motifs is 8. The van der Waals surface area contributed by atoms with E-state index in [1.165, 1.54) is 0 Å². The van der Waals surface area contributed by atoms with Gasteiger partial charge in [-0.05, 0) is 73.5 Å². The number of hydrogen-bond acceptors (Lipinski definition) is 6. The van der Waals surface area contributed by atoms with Crippen molar-refractivity contribution in [2.75, 3.05) is 13.2 Å². The molecule has 0 atom stereocenters. The van der Waals surface area contributed by atoms with E-state index in [9.17, 15) is 9.59 Å². The topological polar surface area (TPSA) is 110 Å². The summed E-state index contributed by atoms with van der Waals surface area (Å²) < 4.78 is 11.1. The zero-order valence-corrected chi connectivity index (χ0v) is 24.2. The van der Waals surface area contributed by atoms with Gasteiger partial charge in [-0.1, -0.05) is 26.7 Å². The molecule has 5 rings (SSSR count). The predicted molar refractivity (Wildman–Crippen MR) is 149 cm³/mol. The third kappa shape index (κ3) is 6.91. The zero-order chi connectivity index (χ0) is 26.5. The molecule has 1 radical (unpaired) electrons. The van der Waals surface area contributed by atoms with Gasteiger partial charge in [0, 0.05) is 28.1 Å². The fraction of sp³-hybridized carbons (Fsp3) is 0.267. The smallest absolute Gasteiger partial charge is 0.342 e. The van der Waals surface area contributed by atoms with E-state index >= 15 is 0 Å². The van der Waals surface area contributed by atoms with Gasteiger partial charge in [0.1, 0.15) is 11.1 Å². The Kier molecular flexibility index (Phi) is 10.9. The van der Waals surface area contributed by atoms with Crippen LogP contribution in [0.25, 0.3) is 46.4 Å². The number of ether oxygens (including phenoxy) is 2. The van der Waals surface area contributed by atoms with Gasteiger partial charge < -0.3 is 31.8 Å². The molecule has 10 heteroatoms. The molecule has 0 aromatic carbocycles. The molecule has 0 saturated carbocycles. The molecule has 8 bridgehead atoms. The molecule has 8 nitrogen and oxygen atoms in total. The molecule has 0 spiro atoms. The first kappa shape index (κ1) is 30.9. The van der Waals surface area contributed by atoms with Crippen molar-refractivity contribution < 1.29 is 48.5 Å². The summed E-state index contributed by atoms with van der Waals surface area (Å²) in [5.41, 5.74) is 5.84. The molecule has 3 aromatic rings. The monoisotopic (exact) mass is 600 g/mol. The quantitative estimate of drug-likeness (QED) is 0.160. The molecule has 40 heavy (non-hydrogen) atoms. The van der Waals surface area contributed by atoms with E-state index in [0.29, 0.717) is 58.1 Å². The number of esters is 2. The van der Waals surface area contributed by atoms with Crippen LogP contribution in [0.5, 0.6) is 0 Å². The Morgan fingerprint density at radius 2 is 1.15 bits per heavy atom. The number of rotatable bonds is 8. The molecule has 0 unspecified atom stereocenters. The van der Waals surface area contributed by atoms with Crippen molar-refractivity contribution in [1.82, 2.24) is 19.9 Å². The van der Waals surface area contributed by atoms with Crippen molar-refractivity contribution in [2.45, 2.75) is 39.5 Å². The summed E-state index contributed by atoms with van der Waals surface area (Å²) in [4.78, 5) is 42.2. The Balaban J connectivity index is 0.00000220. The number of hydrogen-bond donors (Lipinski definition) is 2. The molecule has 3 aromatic heterocycles. The third-order valence-electron chi connectivity index (χ3n) is 6.27. The summed E-state index contributed by atoms with van der Waals surface area (Å²) in [5.74, 6) is -0.844. The maximum absolute atomic E-state index is 13.1. The first-order valence-electron chi connectivity index (χ1n) is 13.0. The van der Waals surface area contributed by atoms with Crippen molar-refractivity contribution in [3.63, 3.8) is 0 Å². The van der Waals surface area contributed by atoms with E-state index in [4.69, 9.17) is 9.47 Å². The molecular formula is C30H30ClMnN4O4-. The summed E-state index contributed by atoms with van der Waals surface area (Å²) in [6.45, 7) is 4.80. The molecule has 0 amide bonds. The summed E-state index contributed by atoms with van der Waals surface area (Å²) >= 11 is 0. The number of aromatic nitrogens is 4. The maximum atomic E-state index is 13.1. The van der Waals surface area contributed by atoms with Crippen LogP contribution in [-0.2, 0) is 26.5 Å². The Bertz CT molecular complexity index is 1510. The minimum atomic E-state index is -0.445. The normalized spacial score (nSPS) is 11.4. The maximum Gasteiger partial charge on any atom is 0.342 e. The number of nitrogens with zero attached hydrogens (tertiary/aromatic N) is 2. The molecule has 5 heterocycles. The molecule has 2 aliphatic heterocycles. The van der Waals surface area contributed by atoms with Crippen LogP contribution < -0.4 is 12.4 Å². The average Bonchev–Trinajstić information content (AvgIpc) is 3.71. The SMILES string of the molecule is CCCCOC(=O)c1c2nc(cc3ccc([nH]3)c(C(=O)OCCCC)c3ccc(cc4nc1C=C4)[nH]3)C=C2.[Cl-].[Mn]. The Hall–Kier alpha value is -3.65. The van der Waals surface area contributed by atoms with E-state index in [-0.39, 0.29) is 29.5 Å². The number of aromatic amines is 2. The Labute approximate surface area is 249 Å². The minimum Gasteiger partial charge on any atom is -1.00 e. The van der Waals surface area contributed by atoms with E-state index in [1.54, 1.807) is 12.2 Å². The van der Waals surface area contributed by atoms with Crippen molar-refractivity contribution in [3.8, 4) is 0 Å². The largest absolute Gasteiger partial charge is 1.00 e. The number of H-pyrrole nitrogens is 2. The van der Waals surface area contributed by atoms with Crippen molar-refractivity contribution in [3.05, 3.63) is 70.3 Å². The summed E-state index contributed by atoms with van der Waals surface area (Å²) in [5, 5.41) is 0. The summed E-state index contributed by atoms with van der Waals surface area (Å²) in [6, 6.07) is 11.2. The van der Waals surface area contributed by atoms with Crippen molar-refractivity contribution >= 4 is 58.3 Å². The number of nitrogens with one attached hydrogen (secondary N) is 2. The average molecular weight is 601 g/mol. The van der Waals surface area contributed by atoms with Crippen molar-refractivity contribution in [2.24, 2.45) is 0 Å². The van der Waals surface area contributed by atoms with Gasteiger partial charge in [0.25, 0.3) is 0 Å². The number of carbonyl (C=O) groups excluding carboxylic acids is 2. The van der Waals surface area contributed by atoms with Gasteiger partial charge >= 0.3 is 11.9 Å². The second kappa shape index (κ2) is 14.1. The van der Waals surface area contributed by atoms with Gasteiger partial charge in [-0.3, -0.25) is 0 Å². The molecule has 0 fully saturated rings. The standard InChI is InChI=1S/C30H30N4O4.ClH.Mn/c1-3-5-15-37-29(35)27-23-11-7-19(31-23)17-21-9-13-25(33-21)28(30(36)38-16-6-4-2)26-14-10-22(34-26)18-20-8-12-24(27)32-20;;/h7-14,17-18,31-32H,3-6,15-16H2,1-2H3;1H;/p-1. The van der Waals surface area contributed by atoms with Crippen LogP contribution in [0, 0.1) is 0 Å². The van der Waals surface area contributed by atoms with Crippen LogP contribution in [0.15, 0.2) is 36.4 Å². The number of halogens is 1. The number of unbranched alkanes of at least 4 members (excludes halogenated alkanes) is 2. The zero-order valence-electron chi connectivity index (χ0n) is 22.3. The summed E-state index contributed by atoms with van der Waals surface area (Å²) in [7, 11) is 0. The minimum absolute atomic E-state index is 0. The van der Waals surface area contributed by atoms with E-state index in [1.807, 2.05) is 55.5 Å². The van der Waals surface area contributed by atoms with Gasteiger partial charge in [0.2, 0.25) is 0 Å². The molecule has 0 saturated heterocycles. The Morgan fingerprint density at radius 3 is 1.60 bits per heavy atom. The van der Waals surface area contributed by atoms with E-state index in [0.717, 1.165) is 36.7 Å². The predicted octanol–water partition coefficient (Wildman–Crippen LogP) is 3.57. The van der Waals surface area contributed by atoms with Gasteiger partial charge in [-0.25, -0.2) is 19.6 Å². The van der Waals surface area contributed by atoms with Gasteiger partial charge in [-0.15, -0.1) is 0 Å². The Morgan fingerprint density at radius 1 is 0.700 bits per heavy atom. The van der Waals surface area contributed by atoms with Crippen LogP contribution in [-0.4, -0.2) is 45.1 Å². The van der Waals surface area contributed by atoms with Crippen molar-refractivity contribution in [1.29, 1.82) is 0 Å². The second-order valence-corrected chi connectivity index (χ2v) is 9.18. The van der Waals surface area contributed by atoms with Gasteiger partial charge in [0.15, 0.2) is 0 Å². The van der Waals surface area contributed by atoms with Crippen LogP contribution in [0.2, 0.25) is 0 Å². The molecule has 2 N–H and O–H groups in total. The second-order valence-electron chi connectivity index (χ2n) is 9.18. The van der Waals surface area contributed by atoms with Crippen LogP contribution in [0.1, 0.15) is 83.0 Å². The van der Waals surface area contributed by atoms with Crippen LogP contribution in [0.4, 0.5) is 0 Å². The van der Waals surface area contributed by atoms with Gasteiger partial charge in [0.05, 0.1) is 47.0 Å². The number of carbonyl (C=O) groups is 2.